The smallest absolute Gasteiger partial charge is 0.200 e. The lowest BCUT2D eigenvalue weighted by Crippen LogP contribution is -2.11. The highest BCUT2D eigenvalue weighted by Gasteiger charge is 2.29. The predicted octanol–water partition coefficient (Wildman–Crippen LogP) is 4.13. The zero-order valence-corrected chi connectivity index (χ0v) is 16.8. The molecule has 5 rings (SSSR count). The first-order chi connectivity index (χ1) is 15.2. The van der Waals surface area contributed by atoms with Gasteiger partial charge in [-0.05, 0) is 23.8 Å². The van der Waals surface area contributed by atoms with E-state index in [9.17, 15) is 10.0 Å². The van der Waals surface area contributed by atoms with Gasteiger partial charge < -0.3 is 24.9 Å². The van der Waals surface area contributed by atoms with Crippen LogP contribution in [0.15, 0.2) is 47.8 Å². The molecule has 31 heavy (non-hydrogen) atoms. The second-order valence-electron chi connectivity index (χ2n) is 7.17. The van der Waals surface area contributed by atoms with Crippen molar-refractivity contribution in [3.63, 3.8) is 0 Å². The topological polar surface area (TPSA) is 122 Å². The van der Waals surface area contributed by atoms with Crippen LogP contribution in [0.2, 0.25) is 0 Å². The average Bonchev–Trinajstić information content (AvgIpc) is 3.15. The van der Waals surface area contributed by atoms with Crippen LogP contribution >= 0.6 is 0 Å². The van der Waals surface area contributed by atoms with Gasteiger partial charge in [0.1, 0.15) is 6.54 Å². The average molecular weight is 417 g/mol. The summed E-state index contributed by atoms with van der Waals surface area (Å²) in [6, 6.07) is 11.0. The molecule has 0 bridgehead atoms. The molecule has 3 heterocycles. The summed E-state index contributed by atoms with van der Waals surface area (Å²) < 4.78 is 10.7. The highest BCUT2D eigenvalue weighted by Crippen LogP contribution is 2.47. The number of phenolic OH excluding ortho intramolecular Hbond substituents is 1. The fraction of sp³-hybridized carbons (Fsp3) is 0.182. The first kappa shape index (κ1) is 18.9. The summed E-state index contributed by atoms with van der Waals surface area (Å²) in [7, 11) is 2.98. The van der Waals surface area contributed by atoms with Crippen molar-refractivity contribution in [1.29, 1.82) is 0 Å². The van der Waals surface area contributed by atoms with E-state index < -0.39 is 0 Å². The Labute approximate surface area is 177 Å². The van der Waals surface area contributed by atoms with Gasteiger partial charge in [-0.3, -0.25) is 0 Å². The van der Waals surface area contributed by atoms with E-state index in [1.165, 1.54) is 14.2 Å². The van der Waals surface area contributed by atoms with Crippen molar-refractivity contribution < 1.29 is 14.6 Å². The quantitative estimate of drug-likeness (QED) is 0.417. The number of nitrogens with zero attached hydrogens (tertiary/aromatic N) is 3. The zero-order chi connectivity index (χ0) is 21.5. The molecule has 3 N–H and O–H groups in total. The van der Waals surface area contributed by atoms with Crippen LogP contribution in [0.3, 0.4) is 0 Å². The van der Waals surface area contributed by atoms with E-state index >= 15 is 0 Å². The predicted molar refractivity (Wildman–Crippen MR) is 116 cm³/mol. The fourth-order valence-corrected chi connectivity index (χ4v) is 4.17. The van der Waals surface area contributed by atoms with Gasteiger partial charge >= 0.3 is 0 Å². The van der Waals surface area contributed by atoms with E-state index in [2.05, 4.69) is 25.7 Å². The lowest BCUT2D eigenvalue weighted by molar-refractivity contribution is 0.339. The number of benzene rings is 2. The molecular weight excluding hydrogens is 398 g/mol. The number of anilines is 1. The molecule has 0 amide bonds. The third kappa shape index (κ3) is 2.85. The monoisotopic (exact) mass is 417 g/mol. The van der Waals surface area contributed by atoms with Crippen LogP contribution in [-0.2, 0) is 6.54 Å². The van der Waals surface area contributed by atoms with E-state index in [1.54, 1.807) is 12.1 Å². The maximum atomic E-state index is 11.1. The second kappa shape index (κ2) is 7.28. The minimum Gasteiger partial charge on any atom is -0.502 e. The Morgan fingerprint density at radius 2 is 1.87 bits per heavy atom. The van der Waals surface area contributed by atoms with E-state index in [-0.39, 0.29) is 18.3 Å². The third-order valence-corrected chi connectivity index (χ3v) is 5.56. The van der Waals surface area contributed by atoms with Gasteiger partial charge in [0.2, 0.25) is 5.75 Å². The summed E-state index contributed by atoms with van der Waals surface area (Å²) in [4.78, 5) is 14.3. The Hall–Kier alpha value is -4.14. The first-order valence-electron chi connectivity index (χ1n) is 9.62. The van der Waals surface area contributed by atoms with Crippen LogP contribution in [0.25, 0.3) is 22.2 Å². The van der Waals surface area contributed by atoms with E-state index in [0.29, 0.717) is 22.8 Å². The number of fused-ring (bicyclic) bond motifs is 2. The Morgan fingerprint density at radius 1 is 1.13 bits per heavy atom. The number of phenols is 1. The van der Waals surface area contributed by atoms with Gasteiger partial charge in [-0.15, -0.1) is 5.10 Å². The minimum atomic E-state index is -0.319. The Morgan fingerprint density at radius 3 is 2.58 bits per heavy atom. The number of aromatic nitrogens is 3. The van der Waals surface area contributed by atoms with Crippen molar-refractivity contribution in [2.24, 2.45) is 5.18 Å². The summed E-state index contributed by atoms with van der Waals surface area (Å²) in [5.41, 5.74) is 5.46. The number of nitrogens with one attached hydrogen (secondary N) is 2. The van der Waals surface area contributed by atoms with Crippen LogP contribution in [0.4, 0.5) is 5.69 Å². The summed E-state index contributed by atoms with van der Waals surface area (Å²) in [5, 5.41) is 26.4. The maximum Gasteiger partial charge on any atom is 0.200 e. The molecule has 1 aliphatic heterocycles. The highest BCUT2D eigenvalue weighted by molar-refractivity contribution is 6.02. The normalized spacial score (nSPS) is 14.5. The van der Waals surface area contributed by atoms with E-state index in [0.717, 1.165) is 33.3 Å². The zero-order valence-electron chi connectivity index (χ0n) is 16.8. The molecule has 0 aliphatic carbocycles. The molecule has 9 heteroatoms. The van der Waals surface area contributed by atoms with Gasteiger partial charge in [-0.25, -0.2) is 0 Å². The summed E-state index contributed by atoms with van der Waals surface area (Å²) >= 11 is 0. The molecule has 156 valence electrons. The molecule has 1 atom stereocenters. The summed E-state index contributed by atoms with van der Waals surface area (Å²) in [5.74, 6) is 0.548. The molecule has 9 nitrogen and oxygen atoms in total. The maximum absolute atomic E-state index is 11.1. The molecule has 2 aromatic carbocycles. The number of H-pyrrole nitrogens is 1. The number of methoxy groups -OCH3 is 2. The number of rotatable bonds is 5. The lowest BCUT2D eigenvalue weighted by atomic mass is 9.95. The number of ether oxygens (including phenoxy) is 2. The molecular formula is C22H19N5O4. The highest BCUT2D eigenvalue weighted by atomic mass is 16.5. The number of hydrogen-bond acceptors (Lipinski definition) is 8. The number of nitroso groups, excluding NO2 is 1. The van der Waals surface area contributed by atoms with Gasteiger partial charge in [-0.2, -0.15) is 10.0 Å². The summed E-state index contributed by atoms with van der Waals surface area (Å²) in [6.07, 6.45) is 1.87. The van der Waals surface area contributed by atoms with E-state index in [4.69, 9.17) is 9.47 Å². The largest absolute Gasteiger partial charge is 0.502 e. The van der Waals surface area contributed by atoms with Crippen molar-refractivity contribution in [2.75, 3.05) is 19.5 Å². The number of aromatic amines is 1. The first-order valence-corrected chi connectivity index (χ1v) is 9.62. The molecule has 0 spiro atoms. The second-order valence-corrected chi connectivity index (χ2v) is 7.17. The van der Waals surface area contributed by atoms with Gasteiger partial charge in [0, 0.05) is 34.0 Å². The van der Waals surface area contributed by atoms with Crippen molar-refractivity contribution in [3.05, 3.63) is 64.3 Å². The Kier molecular flexibility index (Phi) is 4.43. The third-order valence-electron chi connectivity index (χ3n) is 5.56. The number of hydrogen-bond donors (Lipinski definition) is 3. The van der Waals surface area contributed by atoms with Crippen molar-refractivity contribution in [3.8, 4) is 28.4 Å². The SMILES string of the molecule is COc1cc(C2Nc3ccccc3-c3c(CN=O)nnc4[nH]cc2c34)cc(OC)c1O. The number of aromatic hydroxyl groups is 1. The van der Waals surface area contributed by atoms with Gasteiger partial charge in [0.25, 0.3) is 0 Å². The van der Waals surface area contributed by atoms with Gasteiger partial charge in [0.05, 0.1) is 26.0 Å². The van der Waals surface area contributed by atoms with Crippen LogP contribution in [0.5, 0.6) is 17.2 Å². The Bertz CT molecular complexity index is 1290. The van der Waals surface area contributed by atoms with Crippen molar-refractivity contribution in [1.82, 2.24) is 15.2 Å². The van der Waals surface area contributed by atoms with Crippen molar-refractivity contribution in [2.45, 2.75) is 12.6 Å². The van der Waals surface area contributed by atoms with Crippen LogP contribution in [-0.4, -0.2) is 34.5 Å². The fourth-order valence-electron chi connectivity index (χ4n) is 4.17. The number of para-hydroxylation sites is 1. The Balaban J connectivity index is 1.83. The van der Waals surface area contributed by atoms with Gasteiger partial charge in [0.15, 0.2) is 17.1 Å². The molecule has 0 radical (unpaired) electrons. The lowest BCUT2D eigenvalue weighted by Gasteiger charge is -2.21. The van der Waals surface area contributed by atoms with Crippen molar-refractivity contribution >= 4 is 16.7 Å². The molecule has 0 fully saturated rings. The van der Waals surface area contributed by atoms with E-state index in [1.807, 2.05) is 30.5 Å². The molecule has 4 aromatic rings. The van der Waals surface area contributed by atoms with Crippen LogP contribution < -0.4 is 14.8 Å². The molecule has 0 saturated carbocycles. The summed E-state index contributed by atoms with van der Waals surface area (Å²) in [6.45, 7) is -0.0806. The van der Waals surface area contributed by atoms with Crippen LogP contribution in [0.1, 0.15) is 22.9 Å². The molecule has 2 aromatic heterocycles. The van der Waals surface area contributed by atoms with Gasteiger partial charge in [-0.1, -0.05) is 23.4 Å². The van der Waals surface area contributed by atoms with Crippen LogP contribution in [0, 0.1) is 4.91 Å². The molecule has 1 aliphatic rings. The molecule has 1 unspecified atom stereocenters. The standard InChI is InChI=1S/C22H19N5O4/c1-30-16-7-11(8-17(31-2)21(16)28)20-13-9-23-22-19(13)18(15(10-24-29)26-27-22)12-5-3-4-6-14(12)25-20/h3-9,20,25,28H,10H2,1-2H3,(H,23,27). The minimum absolute atomic E-state index is 0.0624. The molecule has 0 saturated heterocycles.